The summed E-state index contributed by atoms with van der Waals surface area (Å²) in [5.41, 5.74) is 1.66. The molecular weight excluding hydrogens is 361 g/mol. The van der Waals surface area contributed by atoms with Gasteiger partial charge in [0.1, 0.15) is 5.69 Å². The molecule has 1 aromatic heterocycles. The summed E-state index contributed by atoms with van der Waals surface area (Å²) in [5, 5.41) is 4.15. The number of hydrogen-bond donors (Lipinski definition) is 2. The molecule has 125 valence electrons. The Balaban J connectivity index is 0.000000901. The Labute approximate surface area is 165 Å². The number of carbonyl (C=O) groups is 1. The van der Waals surface area contributed by atoms with Gasteiger partial charge in [0.2, 0.25) is 0 Å². The zero-order valence-corrected chi connectivity index (χ0v) is 17.7. The Kier molecular flexibility index (Phi) is 12.4. The van der Waals surface area contributed by atoms with E-state index in [4.69, 9.17) is 0 Å². The van der Waals surface area contributed by atoms with Crippen LogP contribution in [0.5, 0.6) is 0 Å². The first kappa shape index (κ1) is 22.3. The Hall–Kier alpha value is -0.666. The minimum atomic E-state index is -0.00523. The van der Waals surface area contributed by atoms with Gasteiger partial charge >= 0.3 is 0 Å². The van der Waals surface area contributed by atoms with Crippen molar-refractivity contribution in [1.82, 2.24) is 10.3 Å². The normalized spacial score (nSPS) is 16.1. The van der Waals surface area contributed by atoms with Crippen LogP contribution in [0.15, 0.2) is 30.3 Å². The number of H-pyrrole nitrogens is 1. The van der Waals surface area contributed by atoms with Crippen molar-refractivity contribution in [2.45, 2.75) is 59.4 Å². The van der Waals surface area contributed by atoms with Gasteiger partial charge in [0.05, 0.1) is 0 Å². The smallest absolute Gasteiger partial charge is 0.265 e. The molecule has 1 amide bonds. The van der Waals surface area contributed by atoms with E-state index in [9.17, 15) is 4.79 Å². The van der Waals surface area contributed by atoms with E-state index in [1.807, 2.05) is 58.0 Å². The fourth-order valence-electron chi connectivity index (χ4n) is 2.52. The van der Waals surface area contributed by atoms with Gasteiger partial charge in [-0.1, -0.05) is 71.2 Å². The molecule has 1 aliphatic carbocycles. The molecule has 1 fully saturated rings. The van der Waals surface area contributed by atoms with Crippen molar-refractivity contribution in [3.05, 3.63) is 42.4 Å². The topological polar surface area (TPSA) is 44.9 Å². The fourth-order valence-corrected chi connectivity index (χ4v) is 2.52. The number of aromatic nitrogens is 1. The van der Waals surface area contributed by atoms with Crippen LogP contribution in [0.4, 0.5) is 0 Å². The van der Waals surface area contributed by atoms with E-state index in [0.29, 0.717) is 5.69 Å². The van der Waals surface area contributed by atoms with Crippen LogP contribution >= 0.6 is 0 Å². The zero-order valence-electron chi connectivity index (χ0n) is 14.9. The van der Waals surface area contributed by atoms with E-state index in [2.05, 4.69) is 16.7 Å². The number of amides is 1. The summed E-state index contributed by atoms with van der Waals surface area (Å²) in [4.78, 5) is 15.3. The maximum absolute atomic E-state index is 12.1. The van der Waals surface area contributed by atoms with Crippen molar-refractivity contribution in [3.8, 4) is 0 Å². The molecule has 0 bridgehead atoms. The fraction of sp³-hybridized carbons (Fsp3) is 0.474. The molecule has 1 heterocycles. The molecule has 0 saturated heterocycles. The summed E-state index contributed by atoms with van der Waals surface area (Å²) < 4.78 is 0. The first-order chi connectivity index (χ1) is 10.8. The van der Waals surface area contributed by atoms with Crippen LogP contribution in [0.25, 0.3) is 10.9 Å². The number of aromatic amines is 1. The summed E-state index contributed by atoms with van der Waals surface area (Å²) >= 11 is 0. The van der Waals surface area contributed by atoms with Gasteiger partial charge in [-0.15, -0.1) is 0 Å². The molecule has 1 unspecified atom stereocenters. The number of benzene rings is 1. The second kappa shape index (κ2) is 12.7. The second-order valence-electron chi connectivity index (χ2n) is 4.87. The molecule has 2 aromatic rings. The average Bonchev–Trinajstić information content (AvgIpc) is 3.04. The van der Waals surface area contributed by atoms with Gasteiger partial charge in [0, 0.05) is 43.6 Å². The molecule has 0 spiro atoms. The van der Waals surface area contributed by atoms with Crippen LogP contribution in [0, 0.1) is 6.42 Å². The summed E-state index contributed by atoms with van der Waals surface area (Å²) in [6, 6.07) is 10.1. The molecule has 0 aliphatic heterocycles. The molecule has 1 aromatic carbocycles. The third kappa shape index (κ3) is 6.76. The summed E-state index contributed by atoms with van der Waals surface area (Å²) in [6.45, 7) is 8.00. The molecule has 1 saturated carbocycles. The van der Waals surface area contributed by atoms with Crippen molar-refractivity contribution in [2.75, 3.05) is 0 Å². The second-order valence-corrected chi connectivity index (χ2v) is 4.87. The maximum Gasteiger partial charge on any atom is 0.265 e. The minimum absolute atomic E-state index is 0. The Morgan fingerprint density at radius 2 is 1.87 bits per heavy atom. The Bertz CT molecular complexity index is 526. The van der Waals surface area contributed by atoms with E-state index in [-0.39, 0.29) is 44.7 Å². The predicted molar refractivity (Wildman–Crippen MR) is 95.0 cm³/mol. The van der Waals surface area contributed by atoms with Gasteiger partial charge in [0.15, 0.2) is 0 Å². The summed E-state index contributed by atoms with van der Waals surface area (Å²) in [5.74, 6) is -0.00523. The molecule has 2 N–H and O–H groups in total. The monoisotopic (exact) mass is 390 g/mol. The predicted octanol–water partition coefficient (Wildman–Crippen LogP) is 5.09. The van der Waals surface area contributed by atoms with Crippen molar-refractivity contribution >= 4 is 16.8 Å². The van der Waals surface area contributed by atoms with Gasteiger partial charge in [-0.2, -0.15) is 6.42 Å². The number of nitrogens with one attached hydrogen (secondary N) is 2. The van der Waals surface area contributed by atoms with Crippen molar-refractivity contribution in [2.24, 2.45) is 0 Å². The number of fused-ring (bicyclic) bond motifs is 1. The minimum Gasteiger partial charge on any atom is -0.378 e. The molecular formula is C19H29N2OY-. The van der Waals surface area contributed by atoms with E-state index < -0.39 is 0 Å². The zero-order chi connectivity index (χ0) is 16.4. The van der Waals surface area contributed by atoms with Crippen LogP contribution < -0.4 is 5.32 Å². The van der Waals surface area contributed by atoms with Crippen LogP contribution in [-0.4, -0.2) is 16.9 Å². The SMILES string of the molecule is CC.CC.O=C(NC1[CH-]CCCC1)c1cc2ccccc2[nH]1.[Y]. The molecule has 1 atom stereocenters. The van der Waals surface area contributed by atoms with Crippen LogP contribution in [-0.2, 0) is 32.7 Å². The first-order valence-electron chi connectivity index (χ1n) is 8.55. The maximum atomic E-state index is 12.1. The molecule has 23 heavy (non-hydrogen) atoms. The van der Waals surface area contributed by atoms with Gasteiger partial charge in [-0.25, -0.2) is 0 Å². The molecule has 3 nitrogen and oxygen atoms in total. The third-order valence-electron chi connectivity index (χ3n) is 3.51. The van der Waals surface area contributed by atoms with Crippen LogP contribution in [0.3, 0.4) is 0 Å². The molecule has 3 rings (SSSR count). The van der Waals surface area contributed by atoms with Gasteiger partial charge in [-0.3, -0.25) is 4.79 Å². The Morgan fingerprint density at radius 1 is 1.17 bits per heavy atom. The Morgan fingerprint density at radius 3 is 2.48 bits per heavy atom. The number of rotatable bonds is 2. The number of carbonyl (C=O) groups excluding carboxylic acids is 1. The van der Waals surface area contributed by atoms with Crippen LogP contribution in [0.1, 0.15) is 63.9 Å². The van der Waals surface area contributed by atoms with E-state index in [1.54, 1.807) is 0 Å². The van der Waals surface area contributed by atoms with Gasteiger partial charge in [-0.05, 0) is 12.1 Å². The molecule has 1 aliphatic rings. The van der Waals surface area contributed by atoms with E-state index in [1.165, 1.54) is 12.8 Å². The van der Waals surface area contributed by atoms with Crippen molar-refractivity contribution in [1.29, 1.82) is 0 Å². The largest absolute Gasteiger partial charge is 0.378 e. The van der Waals surface area contributed by atoms with Gasteiger partial charge in [0.25, 0.3) is 5.91 Å². The van der Waals surface area contributed by atoms with Crippen LogP contribution in [0.2, 0.25) is 0 Å². The number of para-hydroxylation sites is 1. The molecule has 4 heteroatoms. The standard InChI is InChI=1S/C15H17N2O.2C2H6.Y/c18-15(16-12-7-2-1-3-8-12)14-10-11-6-4-5-9-13(11)17-14;2*1-2;/h4-7,9-10,12,17H,1-3,8H2,(H,16,18);2*1-2H3;/q-1;;;. The molecule has 1 radical (unpaired) electrons. The quantitative estimate of drug-likeness (QED) is 0.689. The van der Waals surface area contributed by atoms with Crippen molar-refractivity contribution < 1.29 is 37.5 Å². The van der Waals surface area contributed by atoms with E-state index >= 15 is 0 Å². The average molecular weight is 390 g/mol. The summed E-state index contributed by atoms with van der Waals surface area (Å²) in [7, 11) is 0. The third-order valence-corrected chi connectivity index (χ3v) is 3.51. The van der Waals surface area contributed by atoms with Crippen molar-refractivity contribution in [3.63, 3.8) is 0 Å². The van der Waals surface area contributed by atoms with E-state index in [0.717, 1.165) is 23.7 Å². The number of hydrogen-bond acceptors (Lipinski definition) is 1. The van der Waals surface area contributed by atoms with Gasteiger partial charge < -0.3 is 16.7 Å². The summed E-state index contributed by atoms with van der Waals surface area (Å²) in [6.07, 6.45) is 6.83. The first-order valence-corrected chi connectivity index (χ1v) is 8.55.